The lowest BCUT2D eigenvalue weighted by atomic mass is 9.92. The van der Waals surface area contributed by atoms with Crippen molar-refractivity contribution in [3.8, 4) is 0 Å². The Bertz CT molecular complexity index is 621. The maximum atomic E-state index is 12.5. The van der Waals surface area contributed by atoms with Gasteiger partial charge in [0.2, 0.25) is 0 Å². The standard InChI is InChI=1S/C17H26N2O2S/c1-15(2)8-7-11-17(3)12-13-19(22(20,21)18-17)14-16-9-5-4-6-10-16/h4-6,8-10,18H,7,11-14H2,1-3H3. The van der Waals surface area contributed by atoms with Crippen LogP contribution in [0.2, 0.25) is 0 Å². The molecule has 22 heavy (non-hydrogen) atoms. The van der Waals surface area contributed by atoms with Crippen LogP contribution in [0, 0.1) is 0 Å². The summed E-state index contributed by atoms with van der Waals surface area (Å²) in [6, 6.07) is 9.72. The molecular weight excluding hydrogens is 296 g/mol. The van der Waals surface area contributed by atoms with Crippen molar-refractivity contribution in [1.82, 2.24) is 9.03 Å². The van der Waals surface area contributed by atoms with E-state index >= 15 is 0 Å². The Morgan fingerprint density at radius 1 is 1.32 bits per heavy atom. The van der Waals surface area contributed by atoms with Crippen LogP contribution in [0.5, 0.6) is 0 Å². The van der Waals surface area contributed by atoms with Gasteiger partial charge in [-0.1, -0.05) is 42.0 Å². The molecule has 1 atom stereocenters. The van der Waals surface area contributed by atoms with Gasteiger partial charge in [0.1, 0.15) is 0 Å². The Hall–Kier alpha value is -1.17. The van der Waals surface area contributed by atoms with Crippen LogP contribution in [-0.4, -0.2) is 24.8 Å². The van der Waals surface area contributed by atoms with Gasteiger partial charge < -0.3 is 0 Å². The van der Waals surface area contributed by atoms with Gasteiger partial charge in [0.05, 0.1) is 0 Å². The van der Waals surface area contributed by atoms with Gasteiger partial charge in [-0.15, -0.1) is 0 Å². The Morgan fingerprint density at radius 3 is 2.59 bits per heavy atom. The Labute approximate surface area is 134 Å². The van der Waals surface area contributed by atoms with E-state index in [1.807, 2.05) is 37.3 Å². The van der Waals surface area contributed by atoms with Crippen LogP contribution < -0.4 is 4.72 Å². The summed E-state index contributed by atoms with van der Waals surface area (Å²) in [7, 11) is -3.42. The molecule has 122 valence electrons. The molecule has 0 radical (unpaired) electrons. The molecule has 0 saturated carbocycles. The molecule has 1 aliphatic rings. The minimum absolute atomic E-state index is 0.349. The summed E-state index contributed by atoms with van der Waals surface area (Å²) >= 11 is 0. The molecule has 4 nitrogen and oxygen atoms in total. The van der Waals surface area contributed by atoms with E-state index in [-0.39, 0.29) is 5.54 Å². The van der Waals surface area contributed by atoms with E-state index in [0.29, 0.717) is 13.1 Å². The summed E-state index contributed by atoms with van der Waals surface area (Å²) in [5.74, 6) is 0. The first-order chi connectivity index (χ1) is 10.3. The SMILES string of the molecule is CC(C)=CCCC1(C)CCN(Cc2ccccc2)S(=O)(=O)N1. The second-order valence-corrected chi connectivity index (χ2v) is 8.23. The number of nitrogens with one attached hydrogen (secondary N) is 1. The van der Waals surface area contributed by atoms with Gasteiger partial charge in [-0.05, 0) is 45.6 Å². The minimum Gasteiger partial charge on any atom is -0.196 e. The second kappa shape index (κ2) is 6.94. The van der Waals surface area contributed by atoms with Gasteiger partial charge in [-0.3, -0.25) is 0 Å². The minimum atomic E-state index is -3.42. The number of hydrogen-bond acceptors (Lipinski definition) is 2. The van der Waals surface area contributed by atoms with E-state index in [1.165, 1.54) is 9.88 Å². The zero-order valence-electron chi connectivity index (χ0n) is 13.7. The molecule has 1 aliphatic heterocycles. The van der Waals surface area contributed by atoms with Crippen molar-refractivity contribution in [2.24, 2.45) is 0 Å². The smallest absolute Gasteiger partial charge is 0.196 e. The van der Waals surface area contributed by atoms with Crippen molar-refractivity contribution in [2.75, 3.05) is 6.54 Å². The first kappa shape index (κ1) is 17.2. The third-order valence-corrected chi connectivity index (χ3v) is 5.82. The van der Waals surface area contributed by atoms with Crippen molar-refractivity contribution in [2.45, 2.75) is 52.1 Å². The number of nitrogens with zero attached hydrogens (tertiary/aromatic N) is 1. The second-order valence-electron chi connectivity index (χ2n) is 6.56. The van der Waals surface area contributed by atoms with E-state index in [2.05, 4.69) is 24.6 Å². The predicted molar refractivity (Wildman–Crippen MR) is 90.6 cm³/mol. The topological polar surface area (TPSA) is 49.4 Å². The number of hydrogen-bond donors (Lipinski definition) is 1. The third-order valence-electron chi connectivity index (χ3n) is 4.08. The first-order valence-corrected chi connectivity index (χ1v) is 9.21. The fourth-order valence-electron chi connectivity index (χ4n) is 2.73. The van der Waals surface area contributed by atoms with Gasteiger partial charge in [0.15, 0.2) is 0 Å². The van der Waals surface area contributed by atoms with Gasteiger partial charge in [-0.2, -0.15) is 17.4 Å². The van der Waals surface area contributed by atoms with Crippen molar-refractivity contribution in [3.63, 3.8) is 0 Å². The Kier molecular flexibility index (Phi) is 5.42. The molecule has 1 aromatic rings. The highest BCUT2D eigenvalue weighted by Gasteiger charge is 2.38. The van der Waals surface area contributed by atoms with Crippen LogP contribution in [0.15, 0.2) is 42.0 Å². The maximum Gasteiger partial charge on any atom is 0.280 e. The lowest BCUT2D eigenvalue weighted by molar-refractivity contribution is 0.262. The molecule has 0 aliphatic carbocycles. The molecule has 5 heteroatoms. The summed E-state index contributed by atoms with van der Waals surface area (Å²) < 4.78 is 29.4. The molecule has 1 N–H and O–H groups in total. The number of rotatable bonds is 5. The predicted octanol–water partition coefficient (Wildman–Crippen LogP) is 3.23. The normalized spacial score (nSPS) is 24.9. The molecule has 2 rings (SSSR count). The highest BCUT2D eigenvalue weighted by Crippen LogP contribution is 2.26. The summed E-state index contributed by atoms with van der Waals surface area (Å²) in [6.45, 7) is 7.13. The van der Waals surface area contributed by atoms with Crippen LogP contribution in [-0.2, 0) is 16.8 Å². The van der Waals surface area contributed by atoms with Crippen molar-refractivity contribution < 1.29 is 8.42 Å². The molecule has 0 bridgehead atoms. The van der Waals surface area contributed by atoms with Crippen molar-refractivity contribution in [1.29, 1.82) is 0 Å². The summed E-state index contributed by atoms with van der Waals surface area (Å²) in [6.07, 6.45) is 4.72. The van der Waals surface area contributed by atoms with Crippen LogP contribution >= 0.6 is 0 Å². The average Bonchev–Trinajstić information content (AvgIpc) is 2.42. The zero-order valence-corrected chi connectivity index (χ0v) is 14.5. The van der Waals surface area contributed by atoms with E-state index in [4.69, 9.17) is 0 Å². The van der Waals surface area contributed by atoms with E-state index in [0.717, 1.165) is 24.8 Å². The monoisotopic (exact) mass is 322 g/mol. The highest BCUT2D eigenvalue weighted by molar-refractivity contribution is 7.87. The fourth-order valence-corrected chi connectivity index (χ4v) is 4.33. The molecule has 1 aromatic carbocycles. The summed E-state index contributed by atoms with van der Waals surface area (Å²) in [4.78, 5) is 0. The van der Waals surface area contributed by atoms with Crippen LogP contribution in [0.4, 0.5) is 0 Å². The molecule has 1 unspecified atom stereocenters. The average molecular weight is 322 g/mol. The van der Waals surface area contributed by atoms with Crippen LogP contribution in [0.25, 0.3) is 0 Å². The highest BCUT2D eigenvalue weighted by atomic mass is 32.2. The largest absolute Gasteiger partial charge is 0.280 e. The molecular formula is C17H26N2O2S. The lowest BCUT2D eigenvalue weighted by Crippen LogP contribution is -2.58. The molecule has 0 aromatic heterocycles. The quantitative estimate of drug-likeness (QED) is 0.846. The van der Waals surface area contributed by atoms with Crippen LogP contribution in [0.1, 0.15) is 45.6 Å². The third kappa shape index (κ3) is 4.66. The van der Waals surface area contributed by atoms with Gasteiger partial charge in [0.25, 0.3) is 10.2 Å². The molecule has 1 heterocycles. The van der Waals surface area contributed by atoms with Gasteiger partial charge >= 0.3 is 0 Å². The van der Waals surface area contributed by atoms with Gasteiger partial charge in [-0.25, -0.2) is 0 Å². The van der Waals surface area contributed by atoms with Crippen LogP contribution in [0.3, 0.4) is 0 Å². The molecule has 1 saturated heterocycles. The molecule has 0 amide bonds. The molecule has 1 fully saturated rings. The Balaban J connectivity index is 2.01. The lowest BCUT2D eigenvalue weighted by Gasteiger charge is -2.39. The molecule has 0 spiro atoms. The summed E-state index contributed by atoms with van der Waals surface area (Å²) in [5.41, 5.74) is 1.94. The van der Waals surface area contributed by atoms with Gasteiger partial charge in [0, 0.05) is 18.6 Å². The van der Waals surface area contributed by atoms with E-state index < -0.39 is 10.2 Å². The van der Waals surface area contributed by atoms with Crippen molar-refractivity contribution >= 4 is 10.2 Å². The zero-order chi connectivity index (χ0) is 16.2. The summed E-state index contributed by atoms with van der Waals surface area (Å²) in [5, 5.41) is 0. The number of benzene rings is 1. The van der Waals surface area contributed by atoms with Crippen molar-refractivity contribution in [3.05, 3.63) is 47.5 Å². The van der Waals surface area contributed by atoms with E-state index in [1.54, 1.807) is 0 Å². The fraction of sp³-hybridized carbons (Fsp3) is 0.529. The maximum absolute atomic E-state index is 12.5. The van der Waals surface area contributed by atoms with E-state index in [9.17, 15) is 8.42 Å². The Morgan fingerprint density at radius 2 is 2.00 bits per heavy atom. The number of allylic oxidation sites excluding steroid dienone is 2. The first-order valence-electron chi connectivity index (χ1n) is 7.77.